The summed E-state index contributed by atoms with van der Waals surface area (Å²) in [4.78, 5) is 2.94. The number of aryl methyl sites for hydroxylation is 2. The van der Waals surface area contributed by atoms with E-state index in [1.54, 1.807) is 147 Å². The molecular weight excluding hydrogens is 747 g/mol. The summed E-state index contributed by atoms with van der Waals surface area (Å²) in [7, 11) is 0. The van der Waals surface area contributed by atoms with Gasteiger partial charge in [-0.15, -0.1) is 0 Å². The van der Waals surface area contributed by atoms with Gasteiger partial charge in [0.1, 0.15) is 0 Å². The molecule has 0 aromatic heterocycles. The maximum Gasteiger partial charge on any atom is 0.0701 e. The van der Waals surface area contributed by atoms with Crippen molar-refractivity contribution in [3.05, 3.63) is 102 Å². The van der Waals surface area contributed by atoms with Crippen molar-refractivity contribution in [1.82, 2.24) is 4.90 Å². The van der Waals surface area contributed by atoms with Crippen LogP contribution in [0.15, 0.2) is 36.4 Å². The summed E-state index contributed by atoms with van der Waals surface area (Å²) in [5.41, 5.74) is 18.5. The van der Waals surface area contributed by atoms with Crippen LogP contribution >= 0.6 is 0 Å². The Morgan fingerprint density at radius 2 is 1.36 bits per heavy atom. The fraction of sp³-hybridized carbons (Fsp3) is 0.368. The molecule has 10 aromatic rings. The molecule has 0 bridgehead atoms. The number of ether oxygens (including phenoxy) is 3. The van der Waals surface area contributed by atoms with E-state index in [-0.39, 0.29) is 5.41 Å². The molecule has 0 saturated carbocycles. The Balaban J connectivity index is 0.940. The van der Waals surface area contributed by atoms with Gasteiger partial charge in [0.15, 0.2) is 0 Å². The van der Waals surface area contributed by atoms with Gasteiger partial charge in [0.05, 0.1) is 33.0 Å². The number of hydrogen-bond acceptors (Lipinski definition) is 4. The Bertz CT molecular complexity index is 3930. The van der Waals surface area contributed by atoms with Crippen molar-refractivity contribution in [2.45, 2.75) is 68.7 Å². The van der Waals surface area contributed by atoms with E-state index in [1.165, 1.54) is 31.1 Å². The second kappa shape index (κ2) is 9.55. The second-order valence-corrected chi connectivity index (χ2v) is 21.3. The molecule has 61 heavy (non-hydrogen) atoms. The van der Waals surface area contributed by atoms with Crippen molar-refractivity contribution in [3.63, 3.8) is 0 Å². The van der Waals surface area contributed by atoms with Gasteiger partial charge < -0.3 is 14.2 Å². The smallest absolute Gasteiger partial charge is 0.0701 e. The van der Waals surface area contributed by atoms with E-state index in [1.807, 2.05) is 12.5 Å². The van der Waals surface area contributed by atoms with E-state index in [4.69, 9.17) is 14.2 Å². The summed E-state index contributed by atoms with van der Waals surface area (Å²) in [6.45, 7) is 8.10. The van der Waals surface area contributed by atoms with E-state index in [9.17, 15) is 0 Å². The molecule has 1 saturated heterocycles. The van der Waals surface area contributed by atoms with Gasteiger partial charge >= 0.3 is 0 Å². The quantitative estimate of drug-likeness (QED) is 0.0966. The van der Waals surface area contributed by atoms with Crippen molar-refractivity contribution < 1.29 is 14.2 Å². The molecule has 0 N–H and O–H groups in total. The lowest BCUT2D eigenvalue weighted by Gasteiger charge is -2.45. The zero-order valence-corrected chi connectivity index (χ0v) is 34.5. The first-order valence-electron chi connectivity index (χ1n) is 23.9. The van der Waals surface area contributed by atoms with Crippen LogP contribution in [-0.4, -0.2) is 57.6 Å². The predicted octanol–water partition coefficient (Wildman–Crippen LogP) is 9.36. The molecule has 1 aliphatic heterocycles. The Morgan fingerprint density at radius 3 is 2.23 bits per heavy atom. The van der Waals surface area contributed by atoms with Crippen molar-refractivity contribution in [3.8, 4) is 0 Å². The van der Waals surface area contributed by atoms with E-state index >= 15 is 0 Å². The molecule has 10 aromatic carbocycles. The van der Waals surface area contributed by atoms with Gasteiger partial charge in [-0.25, -0.2) is 0 Å². The average Bonchev–Trinajstić information content (AvgIpc) is 4.11. The maximum atomic E-state index is 6.46. The van der Waals surface area contributed by atoms with Crippen LogP contribution in [0.25, 0.3) is 97.8 Å². The molecule has 6 atom stereocenters. The van der Waals surface area contributed by atoms with Crippen LogP contribution in [-0.2, 0) is 51.7 Å². The van der Waals surface area contributed by atoms with Crippen molar-refractivity contribution in [2.24, 2.45) is 11.8 Å². The van der Waals surface area contributed by atoms with Crippen molar-refractivity contribution in [1.29, 1.82) is 0 Å². The summed E-state index contributed by atoms with van der Waals surface area (Å²) >= 11 is 0. The van der Waals surface area contributed by atoms with Crippen LogP contribution < -0.4 is 10.4 Å². The number of benzene rings is 7. The first kappa shape index (κ1) is 31.1. The van der Waals surface area contributed by atoms with Crippen LogP contribution in [0.2, 0.25) is 0 Å². The van der Waals surface area contributed by atoms with Crippen LogP contribution in [0.4, 0.5) is 0 Å². The fourth-order valence-electron chi connectivity index (χ4n) is 17.9. The lowest BCUT2D eigenvalue weighted by Crippen LogP contribution is -2.45. The SMILES string of the molecule is CCOCCOCCOCCN1CC2C3=c4c5c6c7c4c4c8c(cc9cc%10c%11c%12c%13c%14c(cc%15c(c%14c6c%13c6c%11c9c8c76)C5C(C3)C%15)=CC%12C%10)CC42C1c1ccc2c(c1)CC2. The van der Waals surface area contributed by atoms with Gasteiger partial charge in [-0.05, 0) is 204 Å². The van der Waals surface area contributed by atoms with Gasteiger partial charge in [0.2, 0.25) is 0 Å². The van der Waals surface area contributed by atoms with E-state index in [2.05, 4.69) is 47.4 Å². The van der Waals surface area contributed by atoms with E-state index in [0.717, 1.165) is 39.1 Å². The van der Waals surface area contributed by atoms with Crippen LogP contribution in [0.3, 0.4) is 0 Å². The molecule has 19 rings (SSSR count). The molecule has 294 valence electrons. The van der Waals surface area contributed by atoms with Gasteiger partial charge in [-0.1, -0.05) is 48.0 Å². The summed E-state index contributed by atoms with van der Waals surface area (Å²) < 4.78 is 17.8. The van der Waals surface area contributed by atoms with Crippen molar-refractivity contribution >= 4 is 97.8 Å². The number of hydrogen-bond donors (Lipinski definition) is 0. The minimum atomic E-state index is -0.00733. The Kier molecular flexibility index (Phi) is 4.86. The third-order valence-electron chi connectivity index (χ3n) is 19.4. The molecular formula is C57H43NO3. The first-order valence-corrected chi connectivity index (χ1v) is 23.9. The molecule has 0 radical (unpaired) electrons. The van der Waals surface area contributed by atoms with Crippen LogP contribution in [0.1, 0.15) is 86.9 Å². The molecule has 6 unspecified atom stereocenters. The zero-order chi connectivity index (χ0) is 38.7. The highest BCUT2D eigenvalue weighted by atomic mass is 16.5. The molecule has 4 nitrogen and oxygen atoms in total. The first-order chi connectivity index (χ1) is 30.2. The Labute approximate surface area is 351 Å². The molecule has 8 aliphatic carbocycles. The van der Waals surface area contributed by atoms with Crippen molar-refractivity contribution in [2.75, 3.05) is 52.7 Å². The minimum Gasteiger partial charge on any atom is -0.379 e. The number of fused-ring (bicyclic) bond motifs is 2. The summed E-state index contributed by atoms with van der Waals surface area (Å²) in [6.07, 6.45) is 9.99. The van der Waals surface area contributed by atoms with E-state index in [0.29, 0.717) is 56.1 Å². The highest BCUT2D eigenvalue weighted by Gasteiger charge is 2.64. The Hall–Kier alpha value is -4.84. The molecule has 4 heteroatoms. The third kappa shape index (κ3) is 2.92. The van der Waals surface area contributed by atoms with Gasteiger partial charge in [0.25, 0.3) is 0 Å². The number of nitrogens with zero attached hydrogens (tertiary/aromatic N) is 1. The normalized spacial score (nSPS) is 27.6. The Morgan fingerprint density at radius 1 is 0.607 bits per heavy atom. The van der Waals surface area contributed by atoms with Crippen LogP contribution in [0, 0.1) is 11.8 Å². The highest BCUT2D eigenvalue weighted by molar-refractivity contribution is 6.58. The monoisotopic (exact) mass is 789 g/mol. The maximum absolute atomic E-state index is 6.46. The topological polar surface area (TPSA) is 30.9 Å². The largest absolute Gasteiger partial charge is 0.379 e. The highest BCUT2D eigenvalue weighted by Crippen LogP contribution is 2.72. The summed E-state index contributed by atoms with van der Waals surface area (Å²) in [6, 6.07) is 16.2. The molecule has 9 aliphatic rings. The lowest BCUT2D eigenvalue weighted by atomic mass is 9.58. The summed E-state index contributed by atoms with van der Waals surface area (Å²) in [5.74, 6) is 2.19. The number of rotatable bonds is 11. The second-order valence-electron chi connectivity index (χ2n) is 21.3. The molecule has 1 spiro atoms. The average molecular weight is 790 g/mol. The summed E-state index contributed by atoms with van der Waals surface area (Å²) in [5, 5.41) is 29.9. The standard InChI is InChI=1S/C57H43NO3/c1-2-59-9-10-61-12-11-60-8-7-58-22-34-33-20-31-18-28-16-29-15-26-14-27-17-30-19-32-21-57(34,56(58)25-6-4-23-3-5-24(23)13-25)55-41(32)46-40(30)45-36(27)35(26)43-39(29)44-37(28)38(31)47-42(33)54(55)53-51(46)49(45)48(43)50(44)52(47)53/h4,6,13,15-17,19,26,31,34,38,56H,2-3,5,7-12,14,18,20-22H2,1H3. The molecule has 0 amide bonds. The molecule has 1 heterocycles. The van der Waals surface area contributed by atoms with Crippen LogP contribution in [0.5, 0.6) is 0 Å². The fourth-order valence-corrected chi connectivity index (χ4v) is 17.9. The molecule has 1 fully saturated rings. The van der Waals surface area contributed by atoms with Gasteiger partial charge in [-0.3, -0.25) is 4.90 Å². The van der Waals surface area contributed by atoms with E-state index < -0.39 is 0 Å². The predicted molar refractivity (Wildman–Crippen MR) is 245 cm³/mol. The number of likely N-dealkylation sites (tertiary alicyclic amines) is 1. The van der Waals surface area contributed by atoms with Gasteiger partial charge in [-0.2, -0.15) is 0 Å². The lowest BCUT2D eigenvalue weighted by molar-refractivity contribution is 0.0112. The van der Waals surface area contributed by atoms with Gasteiger partial charge in [0, 0.05) is 48.9 Å². The third-order valence-corrected chi connectivity index (χ3v) is 19.4. The minimum absolute atomic E-state index is 0.00733. The zero-order valence-electron chi connectivity index (χ0n) is 34.5.